The number of benzene rings is 2. The maximum Gasteiger partial charge on any atom is 0.335 e. The van der Waals surface area contributed by atoms with Gasteiger partial charge in [-0.25, -0.2) is 9.78 Å². The highest BCUT2D eigenvalue weighted by Gasteiger charge is 2.07. The summed E-state index contributed by atoms with van der Waals surface area (Å²) in [4.78, 5) is 15.4. The van der Waals surface area contributed by atoms with E-state index in [1.54, 1.807) is 24.3 Å². The molecule has 0 aliphatic heterocycles. The van der Waals surface area contributed by atoms with Crippen molar-refractivity contribution < 1.29 is 9.90 Å². The van der Waals surface area contributed by atoms with E-state index < -0.39 is 5.97 Å². The van der Waals surface area contributed by atoms with Crippen LogP contribution in [-0.2, 0) is 6.54 Å². The molecule has 0 fully saturated rings. The summed E-state index contributed by atoms with van der Waals surface area (Å²) in [5.74, 6) is -0.258. The zero-order valence-electron chi connectivity index (χ0n) is 12.2. The van der Waals surface area contributed by atoms with Crippen LogP contribution in [0.4, 0.5) is 0 Å². The molecule has 0 aliphatic rings. The minimum Gasteiger partial charge on any atom is -0.478 e. The van der Waals surface area contributed by atoms with Crippen LogP contribution in [0.3, 0.4) is 0 Å². The Morgan fingerprint density at radius 2 is 1.91 bits per heavy atom. The molecule has 0 bridgehead atoms. The Morgan fingerprint density at radius 3 is 2.61 bits per heavy atom. The smallest absolute Gasteiger partial charge is 0.335 e. The zero-order chi connectivity index (χ0) is 16.2. The van der Waals surface area contributed by atoms with Gasteiger partial charge in [0.1, 0.15) is 12.4 Å². The first-order valence-electron chi connectivity index (χ1n) is 7.02. The summed E-state index contributed by atoms with van der Waals surface area (Å²) in [6.07, 6.45) is 3.67. The summed E-state index contributed by atoms with van der Waals surface area (Å²) < 4.78 is 1.84. The Balaban J connectivity index is 1.95. The van der Waals surface area contributed by atoms with E-state index in [1.165, 1.54) is 0 Å². The molecule has 112 valence electrons. The minimum absolute atomic E-state index is 0.220. The SMILES string of the molecule is N#CCn1c(/C=C/c2ccc(C(=O)O)cc2)nc2ccccc21. The van der Waals surface area contributed by atoms with E-state index in [0.29, 0.717) is 5.82 Å². The first kappa shape index (κ1) is 14.5. The summed E-state index contributed by atoms with van der Waals surface area (Å²) >= 11 is 0. The third kappa shape index (κ3) is 2.97. The number of carboxylic acid groups (broad SMARTS) is 1. The Bertz CT molecular complexity index is 931. The molecule has 0 saturated carbocycles. The molecule has 0 amide bonds. The van der Waals surface area contributed by atoms with E-state index in [1.807, 2.05) is 41.0 Å². The van der Waals surface area contributed by atoms with Gasteiger partial charge in [-0.3, -0.25) is 0 Å². The number of hydrogen-bond donors (Lipinski definition) is 1. The van der Waals surface area contributed by atoms with Crippen LogP contribution in [-0.4, -0.2) is 20.6 Å². The molecule has 1 N–H and O–H groups in total. The van der Waals surface area contributed by atoms with Crippen LogP contribution in [0.15, 0.2) is 48.5 Å². The van der Waals surface area contributed by atoms with Crippen LogP contribution in [0.1, 0.15) is 21.7 Å². The molecule has 1 heterocycles. The number of nitriles is 1. The van der Waals surface area contributed by atoms with Gasteiger partial charge in [-0.15, -0.1) is 0 Å². The quantitative estimate of drug-likeness (QED) is 0.801. The molecule has 0 atom stereocenters. The third-order valence-corrected chi connectivity index (χ3v) is 3.50. The third-order valence-electron chi connectivity index (χ3n) is 3.50. The normalized spacial score (nSPS) is 10.9. The number of carboxylic acids is 1. The van der Waals surface area contributed by atoms with Crippen LogP contribution in [0.25, 0.3) is 23.2 Å². The van der Waals surface area contributed by atoms with Gasteiger partial charge in [0, 0.05) is 0 Å². The van der Waals surface area contributed by atoms with Crippen molar-refractivity contribution in [3.63, 3.8) is 0 Å². The summed E-state index contributed by atoms with van der Waals surface area (Å²) in [5, 5.41) is 17.9. The lowest BCUT2D eigenvalue weighted by molar-refractivity contribution is 0.0697. The fraction of sp³-hybridized carbons (Fsp3) is 0.0556. The van der Waals surface area contributed by atoms with Crippen LogP contribution >= 0.6 is 0 Å². The van der Waals surface area contributed by atoms with Gasteiger partial charge in [-0.05, 0) is 35.9 Å². The van der Waals surface area contributed by atoms with Gasteiger partial charge >= 0.3 is 5.97 Å². The van der Waals surface area contributed by atoms with E-state index in [-0.39, 0.29) is 12.1 Å². The van der Waals surface area contributed by atoms with Gasteiger partial charge in [0.15, 0.2) is 0 Å². The number of hydrogen-bond acceptors (Lipinski definition) is 3. The van der Waals surface area contributed by atoms with Gasteiger partial charge in [-0.2, -0.15) is 5.26 Å². The largest absolute Gasteiger partial charge is 0.478 e. The standard InChI is InChI=1S/C18H13N3O2/c19-11-12-21-16-4-2-1-3-15(16)20-17(21)10-7-13-5-8-14(9-6-13)18(22)23/h1-10H,12H2,(H,22,23)/b10-7+. The number of rotatable bonds is 4. The Kier molecular flexibility index (Phi) is 3.89. The maximum absolute atomic E-state index is 10.8. The Labute approximate surface area is 132 Å². The van der Waals surface area contributed by atoms with Crippen molar-refractivity contribution in [2.45, 2.75) is 6.54 Å². The molecule has 23 heavy (non-hydrogen) atoms. The van der Waals surface area contributed by atoms with Crippen LogP contribution in [0, 0.1) is 11.3 Å². The topological polar surface area (TPSA) is 78.9 Å². The van der Waals surface area contributed by atoms with Crippen molar-refractivity contribution in [2.75, 3.05) is 0 Å². The van der Waals surface area contributed by atoms with Crippen molar-refractivity contribution in [1.82, 2.24) is 9.55 Å². The highest BCUT2D eigenvalue weighted by atomic mass is 16.4. The monoisotopic (exact) mass is 303 g/mol. The predicted molar refractivity (Wildman–Crippen MR) is 87.7 cm³/mol. The molecule has 0 saturated heterocycles. The van der Waals surface area contributed by atoms with Crippen molar-refractivity contribution in [1.29, 1.82) is 5.26 Å². The second-order valence-corrected chi connectivity index (χ2v) is 4.96. The average Bonchev–Trinajstić information content (AvgIpc) is 2.92. The lowest BCUT2D eigenvalue weighted by atomic mass is 10.1. The molecule has 0 aliphatic carbocycles. The predicted octanol–water partition coefficient (Wildman–Crippen LogP) is 3.43. The molecule has 5 heteroatoms. The molecule has 3 rings (SSSR count). The van der Waals surface area contributed by atoms with Crippen molar-refractivity contribution >= 4 is 29.2 Å². The number of fused-ring (bicyclic) bond motifs is 1. The van der Waals surface area contributed by atoms with Crippen molar-refractivity contribution in [3.05, 3.63) is 65.5 Å². The Hall–Kier alpha value is -3.39. The van der Waals surface area contributed by atoms with E-state index in [0.717, 1.165) is 16.6 Å². The van der Waals surface area contributed by atoms with Gasteiger partial charge in [0.05, 0.1) is 22.7 Å². The minimum atomic E-state index is -0.948. The maximum atomic E-state index is 10.8. The summed E-state index contributed by atoms with van der Waals surface area (Å²) in [6.45, 7) is 0.220. The molecule has 5 nitrogen and oxygen atoms in total. The van der Waals surface area contributed by atoms with Crippen LogP contribution in [0.5, 0.6) is 0 Å². The molecule has 1 aromatic heterocycles. The number of imidazole rings is 1. The lowest BCUT2D eigenvalue weighted by Gasteiger charge is -2.00. The summed E-state index contributed by atoms with van der Waals surface area (Å²) in [7, 11) is 0. The molecule has 0 spiro atoms. The number of nitrogens with zero attached hydrogens (tertiary/aromatic N) is 3. The molecule has 3 aromatic rings. The fourth-order valence-electron chi connectivity index (χ4n) is 2.37. The van der Waals surface area contributed by atoms with Gasteiger partial charge in [0.25, 0.3) is 0 Å². The molecule has 0 unspecified atom stereocenters. The molecule has 2 aromatic carbocycles. The highest BCUT2D eigenvalue weighted by Crippen LogP contribution is 2.18. The molecular weight excluding hydrogens is 290 g/mol. The van der Waals surface area contributed by atoms with E-state index in [2.05, 4.69) is 11.1 Å². The van der Waals surface area contributed by atoms with E-state index in [4.69, 9.17) is 10.4 Å². The first-order valence-corrected chi connectivity index (χ1v) is 7.02. The second-order valence-electron chi connectivity index (χ2n) is 4.96. The summed E-state index contributed by atoms with van der Waals surface area (Å²) in [6, 6.07) is 16.4. The highest BCUT2D eigenvalue weighted by molar-refractivity contribution is 5.88. The van der Waals surface area contributed by atoms with Crippen molar-refractivity contribution in [3.8, 4) is 6.07 Å². The number of para-hydroxylation sites is 2. The second kappa shape index (κ2) is 6.16. The van der Waals surface area contributed by atoms with Crippen molar-refractivity contribution in [2.24, 2.45) is 0 Å². The van der Waals surface area contributed by atoms with Gasteiger partial charge in [0.2, 0.25) is 0 Å². The summed E-state index contributed by atoms with van der Waals surface area (Å²) in [5.41, 5.74) is 2.86. The average molecular weight is 303 g/mol. The van der Waals surface area contributed by atoms with Crippen LogP contribution in [0.2, 0.25) is 0 Å². The Morgan fingerprint density at radius 1 is 1.17 bits per heavy atom. The molecule has 0 radical (unpaired) electrons. The molecular formula is C18H13N3O2. The zero-order valence-corrected chi connectivity index (χ0v) is 12.2. The number of carbonyl (C=O) groups is 1. The fourth-order valence-corrected chi connectivity index (χ4v) is 2.37. The number of aromatic nitrogens is 2. The van der Waals surface area contributed by atoms with Gasteiger partial charge in [-0.1, -0.05) is 30.3 Å². The van der Waals surface area contributed by atoms with E-state index in [9.17, 15) is 4.79 Å². The van der Waals surface area contributed by atoms with Crippen LogP contribution < -0.4 is 0 Å². The van der Waals surface area contributed by atoms with E-state index >= 15 is 0 Å². The van der Waals surface area contributed by atoms with Gasteiger partial charge < -0.3 is 9.67 Å². The first-order chi connectivity index (χ1) is 11.2. The number of aromatic carboxylic acids is 1. The lowest BCUT2D eigenvalue weighted by Crippen LogP contribution is -1.98.